The lowest BCUT2D eigenvalue weighted by atomic mass is 10.0. The van der Waals surface area contributed by atoms with Gasteiger partial charge in [-0.3, -0.25) is 9.59 Å². The summed E-state index contributed by atoms with van der Waals surface area (Å²) in [7, 11) is 0. The van der Waals surface area contributed by atoms with Gasteiger partial charge in [-0.05, 0) is 25.1 Å². The molecule has 2 aliphatic rings. The summed E-state index contributed by atoms with van der Waals surface area (Å²) in [6.07, 6.45) is 1.53. The Morgan fingerprint density at radius 1 is 1.13 bits per heavy atom. The molecule has 2 amide bonds. The molecular weight excluding hydrogens is 292 g/mol. The van der Waals surface area contributed by atoms with Gasteiger partial charge in [0, 0.05) is 31.2 Å². The predicted octanol–water partition coefficient (Wildman–Crippen LogP) is 2.32. The molecular formula is C18H18N2O3. The van der Waals surface area contributed by atoms with E-state index in [2.05, 4.69) is 0 Å². The van der Waals surface area contributed by atoms with Gasteiger partial charge in [0.25, 0.3) is 5.91 Å². The zero-order valence-corrected chi connectivity index (χ0v) is 12.9. The summed E-state index contributed by atoms with van der Waals surface area (Å²) >= 11 is 0. The number of amides is 2. The van der Waals surface area contributed by atoms with Crippen LogP contribution in [0.3, 0.4) is 0 Å². The molecule has 0 N–H and O–H groups in total. The van der Waals surface area contributed by atoms with Crippen LogP contribution in [0.25, 0.3) is 0 Å². The number of likely N-dealkylation sites (tertiary alicyclic amines) is 1. The first-order valence-electron chi connectivity index (χ1n) is 7.85. The highest BCUT2D eigenvalue weighted by Gasteiger charge is 2.48. The smallest absolute Gasteiger partial charge is 0.257 e. The number of carbonyl (C=O) groups excluding carboxylic acids is 2. The van der Waals surface area contributed by atoms with Crippen molar-refractivity contribution >= 4 is 17.5 Å². The van der Waals surface area contributed by atoms with Crippen molar-refractivity contribution in [3.05, 3.63) is 54.0 Å². The molecule has 0 bridgehead atoms. The highest BCUT2D eigenvalue weighted by molar-refractivity contribution is 6.00. The normalized spacial score (nSPS) is 23.4. The van der Waals surface area contributed by atoms with Gasteiger partial charge >= 0.3 is 0 Å². The molecule has 5 nitrogen and oxygen atoms in total. The van der Waals surface area contributed by atoms with Crippen LogP contribution in [-0.2, 0) is 4.79 Å². The number of anilines is 1. The van der Waals surface area contributed by atoms with E-state index in [0.717, 1.165) is 5.69 Å². The summed E-state index contributed by atoms with van der Waals surface area (Å²) in [6, 6.07) is 11.4. The minimum absolute atomic E-state index is 0.0373. The van der Waals surface area contributed by atoms with E-state index in [1.807, 2.05) is 35.2 Å². The summed E-state index contributed by atoms with van der Waals surface area (Å²) in [6.45, 7) is 3.59. The highest BCUT2D eigenvalue weighted by Crippen LogP contribution is 2.35. The van der Waals surface area contributed by atoms with E-state index in [-0.39, 0.29) is 23.7 Å². The van der Waals surface area contributed by atoms with Crippen molar-refractivity contribution in [2.24, 2.45) is 11.8 Å². The van der Waals surface area contributed by atoms with Crippen LogP contribution in [0.1, 0.15) is 16.1 Å². The van der Waals surface area contributed by atoms with E-state index in [0.29, 0.717) is 31.0 Å². The van der Waals surface area contributed by atoms with Crippen LogP contribution in [0.4, 0.5) is 5.69 Å². The van der Waals surface area contributed by atoms with Crippen LogP contribution in [0.15, 0.2) is 47.1 Å². The van der Waals surface area contributed by atoms with Gasteiger partial charge in [-0.25, -0.2) is 0 Å². The van der Waals surface area contributed by atoms with Crippen molar-refractivity contribution < 1.29 is 14.0 Å². The van der Waals surface area contributed by atoms with E-state index in [9.17, 15) is 9.59 Å². The van der Waals surface area contributed by atoms with Crippen molar-refractivity contribution in [1.29, 1.82) is 0 Å². The zero-order chi connectivity index (χ0) is 16.0. The standard InChI is InChI=1S/C18H18N2O3/c1-12-15(7-8-23-12)17(21)19-9-13-10-20(18(22)16(13)11-19)14-5-3-2-4-6-14/h2-8,13,16H,9-11H2,1H3/t13-,16-/m1/s1. The van der Waals surface area contributed by atoms with E-state index < -0.39 is 0 Å². The summed E-state index contributed by atoms with van der Waals surface area (Å²) in [5.74, 6) is 0.833. The van der Waals surface area contributed by atoms with Crippen LogP contribution < -0.4 is 4.90 Å². The molecule has 0 unspecified atom stereocenters. The van der Waals surface area contributed by atoms with Crippen molar-refractivity contribution in [3.8, 4) is 0 Å². The van der Waals surface area contributed by atoms with Gasteiger partial charge in [0.1, 0.15) is 5.76 Å². The maximum atomic E-state index is 12.7. The van der Waals surface area contributed by atoms with Crippen LogP contribution in [0.5, 0.6) is 0 Å². The minimum Gasteiger partial charge on any atom is -0.469 e. The molecule has 0 saturated carbocycles. The second kappa shape index (κ2) is 5.26. The Morgan fingerprint density at radius 2 is 1.91 bits per heavy atom. The number of carbonyl (C=O) groups is 2. The average Bonchev–Trinajstić information content (AvgIpc) is 3.24. The maximum absolute atomic E-state index is 12.7. The largest absolute Gasteiger partial charge is 0.469 e. The number of rotatable bonds is 2. The molecule has 0 spiro atoms. The predicted molar refractivity (Wildman–Crippen MR) is 85.1 cm³/mol. The number of furan rings is 1. The Labute approximate surface area is 134 Å². The lowest BCUT2D eigenvalue weighted by molar-refractivity contribution is -0.120. The first-order chi connectivity index (χ1) is 11.1. The van der Waals surface area contributed by atoms with Crippen molar-refractivity contribution in [1.82, 2.24) is 4.90 Å². The summed E-state index contributed by atoms with van der Waals surface area (Å²) in [5, 5.41) is 0. The second-order valence-corrected chi connectivity index (χ2v) is 6.25. The Morgan fingerprint density at radius 3 is 2.57 bits per heavy atom. The monoisotopic (exact) mass is 310 g/mol. The number of hydrogen-bond donors (Lipinski definition) is 0. The first kappa shape index (κ1) is 14.1. The van der Waals surface area contributed by atoms with Gasteiger partial charge in [0.2, 0.25) is 5.91 Å². The average molecular weight is 310 g/mol. The van der Waals surface area contributed by atoms with Crippen LogP contribution in [0, 0.1) is 18.8 Å². The molecule has 3 heterocycles. The molecule has 2 atom stereocenters. The Balaban J connectivity index is 1.50. The lowest BCUT2D eigenvalue weighted by Crippen LogP contribution is -2.35. The second-order valence-electron chi connectivity index (χ2n) is 6.25. The third-order valence-electron chi connectivity index (χ3n) is 4.89. The molecule has 5 heteroatoms. The van der Waals surface area contributed by atoms with Gasteiger partial charge in [-0.2, -0.15) is 0 Å². The fraction of sp³-hybridized carbons (Fsp3) is 0.333. The Kier molecular flexibility index (Phi) is 3.22. The number of aryl methyl sites for hydroxylation is 1. The molecule has 118 valence electrons. The fourth-order valence-corrected chi connectivity index (χ4v) is 3.64. The molecule has 1 aromatic carbocycles. The van der Waals surface area contributed by atoms with E-state index >= 15 is 0 Å². The number of fused-ring (bicyclic) bond motifs is 1. The third-order valence-corrected chi connectivity index (χ3v) is 4.89. The zero-order valence-electron chi connectivity index (χ0n) is 12.9. The quantitative estimate of drug-likeness (QED) is 0.855. The van der Waals surface area contributed by atoms with Crippen LogP contribution in [-0.4, -0.2) is 36.3 Å². The van der Waals surface area contributed by atoms with Crippen molar-refractivity contribution in [3.63, 3.8) is 0 Å². The third kappa shape index (κ3) is 2.23. The van der Waals surface area contributed by atoms with Gasteiger partial charge in [0.05, 0.1) is 17.7 Å². The number of benzene rings is 1. The van der Waals surface area contributed by atoms with Crippen LogP contribution in [0.2, 0.25) is 0 Å². The molecule has 1 aromatic heterocycles. The molecule has 0 aliphatic carbocycles. The highest BCUT2D eigenvalue weighted by atomic mass is 16.3. The molecule has 2 aliphatic heterocycles. The van der Waals surface area contributed by atoms with E-state index in [1.165, 1.54) is 6.26 Å². The SMILES string of the molecule is Cc1occc1C(=O)N1C[C@@H]2CN(c3ccccc3)C(=O)[C@@H]2C1. The summed E-state index contributed by atoms with van der Waals surface area (Å²) in [5.41, 5.74) is 1.53. The number of nitrogens with zero attached hydrogens (tertiary/aromatic N) is 2. The summed E-state index contributed by atoms with van der Waals surface area (Å²) in [4.78, 5) is 28.9. The Hall–Kier alpha value is -2.56. The van der Waals surface area contributed by atoms with Crippen LogP contribution >= 0.6 is 0 Å². The topological polar surface area (TPSA) is 53.8 Å². The molecule has 4 rings (SSSR count). The van der Waals surface area contributed by atoms with Gasteiger partial charge in [0.15, 0.2) is 0 Å². The molecule has 23 heavy (non-hydrogen) atoms. The van der Waals surface area contributed by atoms with Gasteiger partial charge in [-0.1, -0.05) is 18.2 Å². The molecule has 2 fully saturated rings. The lowest BCUT2D eigenvalue weighted by Gasteiger charge is -2.21. The molecule has 2 aromatic rings. The van der Waals surface area contributed by atoms with Gasteiger partial charge < -0.3 is 14.2 Å². The summed E-state index contributed by atoms with van der Waals surface area (Å²) < 4.78 is 5.21. The van der Waals surface area contributed by atoms with Crippen molar-refractivity contribution in [2.75, 3.05) is 24.5 Å². The molecule has 2 saturated heterocycles. The molecule has 0 radical (unpaired) electrons. The minimum atomic E-state index is -0.0913. The number of para-hydroxylation sites is 1. The van der Waals surface area contributed by atoms with E-state index in [4.69, 9.17) is 4.42 Å². The van der Waals surface area contributed by atoms with Gasteiger partial charge in [-0.15, -0.1) is 0 Å². The Bertz CT molecular complexity index is 753. The van der Waals surface area contributed by atoms with Crippen molar-refractivity contribution in [2.45, 2.75) is 6.92 Å². The first-order valence-corrected chi connectivity index (χ1v) is 7.85. The van der Waals surface area contributed by atoms with E-state index in [1.54, 1.807) is 17.9 Å². The number of hydrogen-bond acceptors (Lipinski definition) is 3. The fourth-order valence-electron chi connectivity index (χ4n) is 3.64. The maximum Gasteiger partial charge on any atom is 0.257 e.